The minimum atomic E-state index is -1.16. The summed E-state index contributed by atoms with van der Waals surface area (Å²) in [6, 6.07) is 5.13. The van der Waals surface area contributed by atoms with Gasteiger partial charge in [-0.15, -0.1) is 12.1 Å². The molecule has 1 N–H and O–H groups in total. The molecule has 1 saturated heterocycles. The molecule has 2 heterocycles. The van der Waals surface area contributed by atoms with Crippen molar-refractivity contribution in [1.82, 2.24) is 4.90 Å². The second-order valence-electron chi connectivity index (χ2n) is 7.13. The summed E-state index contributed by atoms with van der Waals surface area (Å²) in [6.45, 7) is 6.08. The molecular weight excluding hydrogens is 409 g/mol. The van der Waals surface area contributed by atoms with Gasteiger partial charge in [0.2, 0.25) is 0 Å². The maximum absolute atomic E-state index is 12.7. The number of Topliss-reactive ketones (excluding diaryl/α,β-unsaturated/α-hetero) is 1. The zero-order valence-electron chi connectivity index (χ0n) is 15.0. The summed E-state index contributed by atoms with van der Waals surface area (Å²) in [4.78, 5) is 28.7. The number of rotatable bonds is 2. The van der Waals surface area contributed by atoms with E-state index in [1.165, 1.54) is 0 Å². The minimum absolute atomic E-state index is 0. The monoisotopic (exact) mass is 430 g/mol. The number of ether oxygens (including phenoxy) is 1. The average molecular weight is 430 g/mol. The zero-order chi connectivity index (χ0) is 17.7. The van der Waals surface area contributed by atoms with Crippen LogP contribution >= 0.6 is 0 Å². The molecule has 1 aliphatic carbocycles. The van der Waals surface area contributed by atoms with E-state index < -0.39 is 11.8 Å². The second-order valence-corrected chi connectivity index (χ2v) is 7.13. The third kappa shape index (κ3) is 3.23. The van der Waals surface area contributed by atoms with E-state index in [0.717, 1.165) is 37.4 Å². The van der Waals surface area contributed by atoms with Crippen LogP contribution < -0.4 is 9.64 Å². The quantitative estimate of drug-likeness (QED) is 0.568. The predicted molar refractivity (Wildman–Crippen MR) is 92.4 cm³/mol. The molecule has 135 valence electrons. The summed E-state index contributed by atoms with van der Waals surface area (Å²) in [5.74, 6) is -0.979. The zero-order valence-corrected chi connectivity index (χ0v) is 17.8. The molecule has 0 amide bonds. The van der Waals surface area contributed by atoms with E-state index in [2.05, 4.69) is 22.9 Å². The molecule has 1 aromatic carbocycles. The molecule has 1 fully saturated rings. The van der Waals surface area contributed by atoms with Crippen molar-refractivity contribution in [3.05, 3.63) is 34.9 Å². The predicted octanol–water partition coefficient (Wildman–Crippen LogP) is 1.56. The number of aliphatic carboxylic acids is 1. The number of likely N-dealkylation sites (N-methyl/N-ethyl adjacent to an activating group) is 1. The molecule has 0 saturated carbocycles. The van der Waals surface area contributed by atoms with Gasteiger partial charge in [0.15, 0.2) is 5.78 Å². The summed E-state index contributed by atoms with van der Waals surface area (Å²) in [5, 5.41) is 9.42. The van der Waals surface area contributed by atoms with Crippen molar-refractivity contribution in [2.24, 2.45) is 5.92 Å². The Bertz CT molecular complexity index is 784. The van der Waals surface area contributed by atoms with Gasteiger partial charge >= 0.3 is 5.97 Å². The first kappa shape index (κ1) is 19.5. The van der Waals surface area contributed by atoms with Crippen molar-refractivity contribution in [3.8, 4) is 5.75 Å². The number of carbonyl (C=O) groups excluding carboxylic acids is 1. The standard InChI is InChI=1S/C19H21N2O4.Y/c1-11-10-25-16-8-12(21-5-3-20(2)4-6-21)7-14-17(16)13(11)9-15(18(14)22)19(23)24;/h7,9,11,13H,3-6,10H2,1-2H3,(H,23,24);/q-1;. The number of carboxylic acids is 1. The van der Waals surface area contributed by atoms with Gasteiger partial charge in [-0.1, -0.05) is 29.8 Å². The fourth-order valence-electron chi connectivity index (χ4n) is 3.83. The van der Waals surface area contributed by atoms with Crippen LogP contribution in [-0.2, 0) is 37.5 Å². The number of nitrogens with zero attached hydrogens (tertiary/aromatic N) is 2. The minimum Gasteiger partial charge on any atom is -0.519 e. The van der Waals surface area contributed by atoms with Gasteiger partial charge in [0.05, 0.1) is 6.61 Å². The van der Waals surface area contributed by atoms with Gasteiger partial charge in [0, 0.05) is 64.6 Å². The fourth-order valence-corrected chi connectivity index (χ4v) is 3.83. The van der Waals surface area contributed by atoms with Crippen LogP contribution in [0.4, 0.5) is 5.69 Å². The van der Waals surface area contributed by atoms with Gasteiger partial charge in [0.1, 0.15) is 5.57 Å². The van der Waals surface area contributed by atoms with Crippen molar-refractivity contribution >= 4 is 17.4 Å². The normalized spacial score (nSPS) is 24.9. The van der Waals surface area contributed by atoms with Gasteiger partial charge in [-0.2, -0.15) is 0 Å². The van der Waals surface area contributed by atoms with E-state index in [0.29, 0.717) is 17.9 Å². The molecule has 26 heavy (non-hydrogen) atoms. The molecule has 7 heteroatoms. The number of allylic oxidation sites excluding steroid dienone is 1. The molecule has 4 rings (SSSR count). The van der Waals surface area contributed by atoms with Gasteiger partial charge < -0.3 is 19.6 Å². The van der Waals surface area contributed by atoms with Gasteiger partial charge in [-0.25, -0.2) is 4.79 Å². The van der Waals surface area contributed by atoms with E-state index in [1.807, 2.05) is 6.92 Å². The van der Waals surface area contributed by atoms with Crippen LogP contribution in [0.15, 0.2) is 17.7 Å². The topological polar surface area (TPSA) is 70.1 Å². The Kier molecular flexibility index (Phi) is 5.56. The molecule has 2 unspecified atom stereocenters. The Morgan fingerprint density at radius 1 is 1.31 bits per heavy atom. The number of carboxylic acid groups (broad SMARTS) is 1. The van der Waals surface area contributed by atoms with Gasteiger partial charge in [-0.05, 0) is 18.9 Å². The van der Waals surface area contributed by atoms with Crippen LogP contribution in [-0.4, -0.2) is 61.6 Å². The maximum atomic E-state index is 12.7. The van der Waals surface area contributed by atoms with E-state index in [-0.39, 0.29) is 50.1 Å². The molecular formula is C19H21N2O4Y-. The van der Waals surface area contributed by atoms with Gasteiger partial charge in [0.25, 0.3) is 0 Å². The van der Waals surface area contributed by atoms with Gasteiger partial charge in [-0.3, -0.25) is 4.79 Å². The Balaban J connectivity index is 0.00000196. The van der Waals surface area contributed by atoms with Crippen molar-refractivity contribution in [1.29, 1.82) is 0 Å². The SMILES string of the molecule is CC1COc2[c-]c(N3CCN(C)CC3)cc3c2C1C=C(C(=O)O)C3=O.[Y]. The molecule has 0 bridgehead atoms. The Morgan fingerprint density at radius 2 is 2.00 bits per heavy atom. The molecule has 1 aromatic rings. The Hall–Kier alpha value is -1.24. The largest absolute Gasteiger partial charge is 0.519 e. The second kappa shape index (κ2) is 7.41. The molecule has 1 radical (unpaired) electrons. The first-order chi connectivity index (χ1) is 12.0. The number of anilines is 1. The van der Waals surface area contributed by atoms with Crippen LogP contribution in [0.2, 0.25) is 0 Å². The van der Waals surface area contributed by atoms with E-state index >= 15 is 0 Å². The van der Waals surface area contributed by atoms with E-state index in [4.69, 9.17) is 4.74 Å². The number of benzene rings is 1. The number of hydrogen-bond acceptors (Lipinski definition) is 5. The van der Waals surface area contributed by atoms with Crippen molar-refractivity contribution < 1.29 is 52.1 Å². The summed E-state index contributed by atoms with van der Waals surface area (Å²) in [7, 11) is 2.08. The molecule has 2 aliphatic heterocycles. The number of carbonyl (C=O) groups is 2. The van der Waals surface area contributed by atoms with Crippen LogP contribution in [0.25, 0.3) is 0 Å². The molecule has 6 nitrogen and oxygen atoms in total. The average Bonchev–Trinajstić information content (AvgIpc) is 2.59. The summed E-state index contributed by atoms with van der Waals surface area (Å²) in [5.41, 5.74) is 1.94. The summed E-state index contributed by atoms with van der Waals surface area (Å²) >= 11 is 0. The van der Waals surface area contributed by atoms with Crippen LogP contribution in [0.3, 0.4) is 0 Å². The third-order valence-corrected chi connectivity index (χ3v) is 5.40. The Labute approximate surface area is 178 Å². The van der Waals surface area contributed by atoms with Crippen molar-refractivity contribution in [3.63, 3.8) is 0 Å². The Morgan fingerprint density at radius 3 is 2.65 bits per heavy atom. The first-order valence-electron chi connectivity index (χ1n) is 8.62. The van der Waals surface area contributed by atoms with Crippen LogP contribution in [0.5, 0.6) is 5.75 Å². The number of hydrogen-bond donors (Lipinski definition) is 1. The maximum Gasteiger partial charge on any atom is 0.339 e. The first-order valence-corrected chi connectivity index (χ1v) is 8.62. The summed E-state index contributed by atoms with van der Waals surface area (Å²) in [6.07, 6.45) is 1.59. The number of ketones is 1. The van der Waals surface area contributed by atoms with Crippen molar-refractivity contribution in [2.75, 3.05) is 44.7 Å². The van der Waals surface area contributed by atoms with Crippen molar-refractivity contribution in [2.45, 2.75) is 12.8 Å². The molecule has 0 aromatic heterocycles. The third-order valence-electron chi connectivity index (χ3n) is 5.40. The van der Waals surface area contributed by atoms with Crippen LogP contribution in [0, 0.1) is 12.0 Å². The van der Waals surface area contributed by atoms with E-state index in [9.17, 15) is 14.7 Å². The van der Waals surface area contributed by atoms with E-state index in [1.54, 1.807) is 12.1 Å². The summed E-state index contributed by atoms with van der Waals surface area (Å²) < 4.78 is 5.86. The molecule has 3 aliphatic rings. The molecule has 2 atom stereocenters. The smallest absolute Gasteiger partial charge is 0.339 e. The van der Waals surface area contributed by atoms with Crippen LogP contribution in [0.1, 0.15) is 28.8 Å². The molecule has 0 spiro atoms. The fraction of sp³-hybridized carbons (Fsp3) is 0.474. The number of piperazine rings is 1.